The molecular weight excluding hydrogens is 342 g/mol. The Morgan fingerprint density at radius 2 is 1.81 bits per heavy atom. The Morgan fingerprint density at radius 3 is 2.37 bits per heavy atom. The van der Waals surface area contributed by atoms with Crippen molar-refractivity contribution in [3.05, 3.63) is 35.4 Å². The fourth-order valence-electron chi connectivity index (χ4n) is 6.35. The standard InChI is InChI=1S/C21H25N3O3/c1-2-15-16-4-3-5-17(24(16)18(22-15)20(26)27)19(25)23-21-9-12-6-13(10-21)8-14(7-12)11-21/h3-5,12-14H,2,6-11H2,1H3,(H,23,25)(H,26,27). The van der Waals surface area contributed by atoms with E-state index in [1.165, 1.54) is 23.7 Å². The third-order valence-corrected chi connectivity index (χ3v) is 6.91. The number of carbonyl (C=O) groups excluding carboxylic acids is 1. The maximum atomic E-state index is 13.3. The zero-order valence-electron chi connectivity index (χ0n) is 15.6. The van der Waals surface area contributed by atoms with Gasteiger partial charge >= 0.3 is 5.97 Å². The van der Waals surface area contributed by atoms with Crippen LogP contribution in [-0.2, 0) is 6.42 Å². The Morgan fingerprint density at radius 1 is 1.19 bits per heavy atom. The van der Waals surface area contributed by atoms with Crippen LogP contribution in [-0.4, -0.2) is 31.9 Å². The molecule has 0 radical (unpaired) electrons. The minimum Gasteiger partial charge on any atom is -0.475 e. The van der Waals surface area contributed by atoms with E-state index in [0.29, 0.717) is 23.3 Å². The second kappa shape index (κ2) is 5.81. The molecular formula is C21H25N3O3. The highest BCUT2D eigenvalue weighted by molar-refractivity contribution is 5.96. The van der Waals surface area contributed by atoms with Gasteiger partial charge in [-0.15, -0.1) is 0 Å². The van der Waals surface area contributed by atoms with Crippen LogP contribution in [0, 0.1) is 17.8 Å². The zero-order chi connectivity index (χ0) is 18.8. The lowest BCUT2D eigenvalue weighted by atomic mass is 9.53. The molecule has 4 aliphatic rings. The molecule has 1 amide bonds. The van der Waals surface area contributed by atoms with Gasteiger partial charge in [0.2, 0.25) is 5.82 Å². The van der Waals surface area contributed by atoms with Crippen molar-refractivity contribution in [3.63, 3.8) is 0 Å². The molecule has 4 fully saturated rings. The normalized spacial score (nSPS) is 31.4. The molecule has 2 heterocycles. The average Bonchev–Trinajstić information content (AvgIpc) is 2.99. The molecule has 4 saturated carbocycles. The maximum absolute atomic E-state index is 13.3. The fraction of sp³-hybridized carbons (Fsp3) is 0.571. The number of aryl methyl sites for hydroxylation is 1. The fourth-order valence-corrected chi connectivity index (χ4v) is 6.35. The SMILES string of the molecule is CCc1nc(C(=O)O)n2c(C(=O)NC34CC5CC(CC(C5)C3)C4)cccc12. The van der Waals surface area contributed by atoms with Crippen molar-refractivity contribution < 1.29 is 14.7 Å². The highest BCUT2D eigenvalue weighted by Gasteiger charge is 2.51. The summed E-state index contributed by atoms with van der Waals surface area (Å²) in [6, 6.07) is 5.35. The number of hydrogen-bond acceptors (Lipinski definition) is 3. The first-order valence-corrected chi connectivity index (χ1v) is 10.0. The molecule has 142 valence electrons. The molecule has 2 aromatic rings. The van der Waals surface area contributed by atoms with Crippen LogP contribution in [0.4, 0.5) is 0 Å². The topological polar surface area (TPSA) is 83.7 Å². The van der Waals surface area contributed by atoms with Crippen LogP contribution in [0.25, 0.3) is 5.52 Å². The van der Waals surface area contributed by atoms with Gasteiger partial charge in [-0.2, -0.15) is 0 Å². The average molecular weight is 367 g/mol. The molecule has 0 unspecified atom stereocenters. The van der Waals surface area contributed by atoms with Crippen LogP contribution < -0.4 is 5.32 Å². The molecule has 0 spiro atoms. The van der Waals surface area contributed by atoms with Crippen LogP contribution in [0.3, 0.4) is 0 Å². The number of amides is 1. The predicted octanol–water partition coefficient (Wildman–Crippen LogP) is 3.29. The molecule has 6 rings (SSSR count). The second-order valence-corrected chi connectivity index (χ2v) is 8.82. The largest absolute Gasteiger partial charge is 0.475 e. The smallest absolute Gasteiger partial charge is 0.372 e. The Balaban J connectivity index is 1.53. The predicted molar refractivity (Wildman–Crippen MR) is 99.9 cm³/mol. The highest BCUT2D eigenvalue weighted by Crippen LogP contribution is 2.55. The lowest BCUT2D eigenvalue weighted by molar-refractivity contribution is -0.0168. The third-order valence-electron chi connectivity index (χ3n) is 6.91. The first-order chi connectivity index (χ1) is 13.0. The second-order valence-electron chi connectivity index (χ2n) is 8.82. The Kier molecular flexibility index (Phi) is 3.61. The molecule has 4 aliphatic carbocycles. The lowest BCUT2D eigenvalue weighted by Crippen LogP contribution is -2.60. The zero-order valence-corrected chi connectivity index (χ0v) is 15.6. The number of hydrogen-bond donors (Lipinski definition) is 2. The summed E-state index contributed by atoms with van der Waals surface area (Å²) in [6.45, 7) is 1.94. The molecule has 2 N–H and O–H groups in total. The molecule has 0 aliphatic heterocycles. The molecule has 4 bridgehead atoms. The van der Waals surface area contributed by atoms with Crippen LogP contribution in [0.5, 0.6) is 0 Å². The summed E-state index contributed by atoms with van der Waals surface area (Å²) in [7, 11) is 0. The van der Waals surface area contributed by atoms with Gasteiger partial charge in [0.05, 0.1) is 11.2 Å². The van der Waals surface area contributed by atoms with E-state index in [2.05, 4.69) is 10.3 Å². The lowest BCUT2D eigenvalue weighted by Gasteiger charge is -2.56. The first kappa shape index (κ1) is 16.8. The molecule has 0 aromatic carbocycles. The van der Waals surface area contributed by atoms with Gasteiger partial charge < -0.3 is 10.4 Å². The molecule has 2 aromatic heterocycles. The van der Waals surface area contributed by atoms with Gasteiger partial charge in [0.25, 0.3) is 5.91 Å². The molecule has 0 saturated heterocycles. The number of imidazole rings is 1. The van der Waals surface area contributed by atoms with E-state index >= 15 is 0 Å². The number of carbonyl (C=O) groups is 2. The summed E-state index contributed by atoms with van der Waals surface area (Å²) >= 11 is 0. The number of carboxylic acids is 1. The van der Waals surface area contributed by atoms with Crippen molar-refractivity contribution in [2.45, 2.75) is 57.4 Å². The van der Waals surface area contributed by atoms with Gasteiger partial charge in [0.15, 0.2) is 0 Å². The van der Waals surface area contributed by atoms with Crippen molar-refractivity contribution in [1.82, 2.24) is 14.7 Å². The number of rotatable bonds is 4. The van der Waals surface area contributed by atoms with E-state index in [1.807, 2.05) is 19.1 Å². The van der Waals surface area contributed by atoms with Crippen molar-refractivity contribution in [2.24, 2.45) is 17.8 Å². The van der Waals surface area contributed by atoms with Crippen LogP contribution in [0.15, 0.2) is 18.2 Å². The van der Waals surface area contributed by atoms with E-state index in [-0.39, 0.29) is 17.3 Å². The molecule has 0 atom stereocenters. The third kappa shape index (κ3) is 2.57. The summed E-state index contributed by atoms with van der Waals surface area (Å²) in [5.74, 6) is 0.841. The van der Waals surface area contributed by atoms with Gasteiger partial charge in [0.1, 0.15) is 5.69 Å². The number of aromatic nitrogens is 2. The number of nitrogens with one attached hydrogen (secondary N) is 1. The monoisotopic (exact) mass is 367 g/mol. The van der Waals surface area contributed by atoms with Gasteiger partial charge in [-0.05, 0) is 74.8 Å². The molecule has 6 nitrogen and oxygen atoms in total. The molecule has 6 heteroatoms. The van der Waals surface area contributed by atoms with E-state index in [4.69, 9.17) is 0 Å². The number of aromatic carboxylic acids is 1. The van der Waals surface area contributed by atoms with Crippen LogP contribution in [0.2, 0.25) is 0 Å². The van der Waals surface area contributed by atoms with Crippen molar-refractivity contribution in [1.29, 1.82) is 0 Å². The van der Waals surface area contributed by atoms with E-state index in [9.17, 15) is 14.7 Å². The summed E-state index contributed by atoms with van der Waals surface area (Å²) < 4.78 is 1.51. The van der Waals surface area contributed by atoms with E-state index < -0.39 is 5.97 Å². The summed E-state index contributed by atoms with van der Waals surface area (Å²) in [4.78, 5) is 29.2. The summed E-state index contributed by atoms with van der Waals surface area (Å²) in [6.07, 6.45) is 7.76. The van der Waals surface area contributed by atoms with Gasteiger partial charge in [-0.3, -0.25) is 9.20 Å². The molecule has 27 heavy (non-hydrogen) atoms. The quantitative estimate of drug-likeness (QED) is 0.868. The number of nitrogens with zero attached hydrogens (tertiary/aromatic N) is 2. The van der Waals surface area contributed by atoms with Gasteiger partial charge in [0, 0.05) is 5.54 Å². The Hall–Kier alpha value is -2.37. The minimum absolute atomic E-state index is 0.0851. The van der Waals surface area contributed by atoms with Crippen molar-refractivity contribution >= 4 is 17.4 Å². The number of pyridine rings is 1. The van der Waals surface area contributed by atoms with Crippen molar-refractivity contribution in [3.8, 4) is 0 Å². The Labute approximate surface area is 158 Å². The first-order valence-electron chi connectivity index (χ1n) is 10.0. The van der Waals surface area contributed by atoms with Crippen LogP contribution >= 0.6 is 0 Å². The van der Waals surface area contributed by atoms with Gasteiger partial charge in [-0.25, -0.2) is 9.78 Å². The van der Waals surface area contributed by atoms with E-state index in [0.717, 1.165) is 37.0 Å². The van der Waals surface area contributed by atoms with Gasteiger partial charge in [-0.1, -0.05) is 13.0 Å². The van der Waals surface area contributed by atoms with E-state index in [1.54, 1.807) is 6.07 Å². The maximum Gasteiger partial charge on any atom is 0.372 e. The van der Waals surface area contributed by atoms with Crippen LogP contribution in [0.1, 0.15) is 72.3 Å². The summed E-state index contributed by atoms with van der Waals surface area (Å²) in [5.41, 5.74) is 1.67. The highest BCUT2D eigenvalue weighted by atomic mass is 16.4. The number of fused-ring (bicyclic) bond motifs is 1. The number of carboxylic acid groups (broad SMARTS) is 1. The minimum atomic E-state index is -1.11. The summed E-state index contributed by atoms with van der Waals surface area (Å²) in [5, 5.41) is 12.9. The van der Waals surface area contributed by atoms with Crippen molar-refractivity contribution in [2.75, 3.05) is 0 Å². The Bertz CT molecular complexity index is 910.